The Labute approximate surface area is 157 Å². The summed E-state index contributed by atoms with van der Waals surface area (Å²) in [7, 11) is 0. The van der Waals surface area contributed by atoms with Crippen molar-refractivity contribution >= 4 is 29.2 Å². The van der Waals surface area contributed by atoms with Crippen molar-refractivity contribution < 1.29 is 14.4 Å². The molecule has 2 N–H and O–H groups in total. The normalized spacial score (nSPS) is 19.4. The molecule has 2 aliphatic heterocycles. The van der Waals surface area contributed by atoms with E-state index >= 15 is 0 Å². The standard InChI is InChI=1S/C20H20N4O3/c21-15-7-4-8-16(12-15)24-19(26)17-13-22(9-10-23(17)20(24)27)18(25)11-14-5-2-1-3-6-14/h1-8,12,17H,9-11,13,21H2. The van der Waals surface area contributed by atoms with Gasteiger partial charge in [-0.1, -0.05) is 36.4 Å². The van der Waals surface area contributed by atoms with E-state index < -0.39 is 6.04 Å². The van der Waals surface area contributed by atoms with Gasteiger partial charge < -0.3 is 15.5 Å². The fraction of sp³-hybridized carbons (Fsp3) is 0.250. The quantitative estimate of drug-likeness (QED) is 0.660. The van der Waals surface area contributed by atoms with E-state index in [1.54, 1.807) is 29.2 Å². The lowest BCUT2D eigenvalue weighted by Crippen LogP contribution is -2.55. The summed E-state index contributed by atoms with van der Waals surface area (Å²) in [6.45, 7) is 0.982. The summed E-state index contributed by atoms with van der Waals surface area (Å²) in [5.74, 6) is -0.355. The minimum absolute atomic E-state index is 0.0384. The molecule has 138 valence electrons. The molecule has 2 aromatic rings. The number of imide groups is 1. The van der Waals surface area contributed by atoms with Gasteiger partial charge in [0.1, 0.15) is 6.04 Å². The SMILES string of the molecule is Nc1cccc(N2C(=O)C3CN(C(=O)Cc4ccccc4)CCN3C2=O)c1. The van der Waals surface area contributed by atoms with Gasteiger partial charge in [-0.3, -0.25) is 9.59 Å². The third-order valence-electron chi connectivity index (χ3n) is 5.00. The number of nitrogen functional groups attached to an aromatic ring is 1. The molecule has 4 amide bonds. The van der Waals surface area contributed by atoms with Gasteiger partial charge >= 0.3 is 6.03 Å². The van der Waals surface area contributed by atoms with Gasteiger partial charge in [0.15, 0.2) is 0 Å². The molecule has 0 aromatic heterocycles. The third-order valence-corrected chi connectivity index (χ3v) is 5.00. The van der Waals surface area contributed by atoms with Crippen molar-refractivity contribution in [3.8, 4) is 0 Å². The Balaban J connectivity index is 1.50. The molecule has 2 heterocycles. The van der Waals surface area contributed by atoms with Crippen molar-refractivity contribution in [3.63, 3.8) is 0 Å². The molecule has 0 bridgehead atoms. The number of benzene rings is 2. The second kappa shape index (κ2) is 6.75. The Morgan fingerprint density at radius 1 is 1.04 bits per heavy atom. The van der Waals surface area contributed by atoms with E-state index in [1.165, 1.54) is 4.90 Å². The number of hydrogen-bond donors (Lipinski definition) is 1. The number of carbonyl (C=O) groups excluding carboxylic acids is 3. The molecule has 0 radical (unpaired) electrons. The Hall–Kier alpha value is -3.35. The van der Waals surface area contributed by atoms with Gasteiger partial charge in [0.05, 0.1) is 18.7 Å². The topological polar surface area (TPSA) is 86.9 Å². The molecular formula is C20H20N4O3. The van der Waals surface area contributed by atoms with Gasteiger partial charge in [0, 0.05) is 18.8 Å². The van der Waals surface area contributed by atoms with Crippen LogP contribution in [0.2, 0.25) is 0 Å². The van der Waals surface area contributed by atoms with Crippen molar-refractivity contribution in [2.24, 2.45) is 0 Å². The van der Waals surface area contributed by atoms with Crippen LogP contribution in [0.15, 0.2) is 54.6 Å². The minimum atomic E-state index is -0.646. The molecule has 27 heavy (non-hydrogen) atoms. The van der Waals surface area contributed by atoms with Gasteiger partial charge in [0.25, 0.3) is 5.91 Å². The summed E-state index contributed by atoms with van der Waals surface area (Å²) in [5.41, 5.74) is 7.66. The first-order valence-corrected chi connectivity index (χ1v) is 8.86. The van der Waals surface area contributed by atoms with Crippen LogP contribution in [0.5, 0.6) is 0 Å². The van der Waals surface area contributed by atoms with Crippen molar-refractivity contribution in [2.45, 2.75) is 12.5 Å². The fourth-order valence-electron chi connectivity index (χ4n) is 3.61. The van der Waals surface area contributed by atoms with Crippen LogP contribution in [0.1, 0.15) is 5.56 Å². The van der Waals surface area contributed by atoms with Crippen LogP contribution in [-0.2, 0) is 16.0 Å². The summed E-state index contributed by atoms with van der Waals surface area (Å²) in [4.78, 5) is 42.6. The summed E-state index contributed by atoms with van der Waals surface area (Å²) >= 11 is 0. The molecule has 7 heteroatoms. The van der Waals surface area contributed by atoms with Crippen molar-refractivity contribution in [3.05, 3.63) is 60.2 Å². The summed E-state index contributed by atoms with van der Waals surface area (Å²) in [6.07, 6.45) is 0.286. The number of amides is 4. The zero-order valence-electron chi connectivity index (χ0n) is 14.7. The number of fused-ring (bicyclic) bond motifs is 1. The van der Waals surface area contributed by atoms with E-state index in [4.69, 9.17) is 5.73 Å². The molecular weight excluding hydrogens is 344 g/mol. The summed E-state index contributed by atoms with van der Waals surface area (Å²) in [5, 5.41) is 0. The first kappa shape index (κ1) is 17.1. The van der Waals surface area contributed by atoms with Crippen LogP contribution in [0.4, 0.5) is 16.2 Å². The molecule has 0 spiro atoms. The van der Waals surface area contributed by atoms with E-state index in [-0.39, 0.29) is 30.8 Å². The number of nitrogens with zero attached hydrogens (tertiary/aromatic N) is 3. The largest absolute Gasteiger partial charge is 0.399 e. The maximum Gasteiger partial charge on any atom is 0.332 e. The molecule has 0 aliphatic carbocycles. The number of nitrogens with two attached hydrogens (primary N) is 1. The van der Waals surface area contributed by atoms with E-state index in [9.17, 15) is 14.4 Å². The minimum Gasteiger partial charge on any atom is -0.399 e. The van der Waals surface area contributed by atoms with Crippen LogP contribution in [-0.4, -0.2) is 53.3 Å². The van der Waals surface area contributed by atoms with E-state index in [0.717, 1.165) is 10.5 Å². The number of hydrogen-bond acceptors (Lipinski definition) is 4. The van der Waals surface area contributed by atoms with E-state index in [0.29, 0.717) is 24.5 Å². The first-order chi connectivity index (χ1) is 13.0. The average Bonchev–Trinajstić information content (AvgIpc) is 2.92. The van der Waals surface area contributed by atoms with Crippen LogP contribution in [0.3, 0.4) is 0 Å². The number of piperazine rings is 1. The molecule has 2 aromatic carbocycles. The van der Waals surface area contributed by atoms with Crippen molar-refractivity contribution in [2.75, 3.05) is 30.3 Å². The Morgan fingerprint density at radius 2 is 1.81 bits per heavy atom. The second-order valence-corrected chi connectivity index (χ2v) is 6.76. The van der Waals surface area contributed by atoms with Gasteiger partial charge in [-0.25, -0.2) is 9.69 Å². The maximum absolute atomic E-state index is 12.9. The van der Waals surface area contributed by atoms with Gasteiger partial charge in [-0.05, 0) is 23.8 Å². The van der Waals surface area contributed by atoms with Crippen LogP contribution < -0.4 is 10.6 Å². The zero-order chi connectivity index (χ0) is 19.0. The van der Waals surface area contributed by atoms with Crippen LogP contribution in [0.25, 0.3) is 0 Å². The first-order valence-electron chi connectivity index (χ1n) is 8.86. The maximum atomic E-state index is 12.9. The smallest absolute Gasteiger partial charge is 0.332 e. The fourth-order valence-corrected chi connectivity index (χ4v) is 3.61. The monoisotopic (exact) mass is 364 g/mol. The predicted octanol–water partition coefficient (Wildman–Crippen LogP) is 1.49. The molecule has 2 aliphatic rings. The molecule has 2 saturated heterocycles. The molecule has 1 unspecified atom stereocenters. The number of rotatable bonds is 3. The molecule has 1 atom stereocenters. The number of anilines is 2. The zero-order valence-corrected chi connectivity index (χ0v) is 14.7. The predicted molar refractivity (Wildman–Crippen MR) is 101 cm³/mol. The lowest BCUT2D eigenvalue weighted by molar-refractivity contribution is -0.134. The molecule has 7 nitrogen and oxygen atoms in total. The summed E-state index contributed by atoms with van der Waals surface area (Å²) < 4.78 is 0. The highest BCUT2D eigenvalue weighted by atomic mass is 16.2. The highest BCUT2D eigenvalue weighted by molar-refractivity contribution is 6.21. The highest BCUT2D eigenvalue weighted by Crippen LogP contribution is 2.28. The third kappa shape index (κ3) is 3.12. The lowest BCUT2D eigenvalue weighted by Gasteiger charge is -2.35. The van der Waals surface area contributed by atoms with Gasteiger partial charge in [-0.15, -0.1) is 0 Å². The van der Waals surface area contributed by atoms with E-state index in [1.807, 2.05) is 30.3 Å². The number of carbonyl (C=O) groups is 3. The van der Waals surface area contributed by atoms with Crippen LogP contribution in [0, 0.1) is 0 Å². The number of urea groups is 1. The van der Waals surface area contributed by atoms with Crippen molar-refractivity contribution in [1.82, 2.24) is 9.80 Å². The molecule has 2 fully saturated rings. The van der Waals surface area contributed by atoms with Crippen LogP contribution >= 0.6 is 0 Å². The van der Waals surface area contributed by atoms with Gasteiger partial charge in [-0.2, -0.15) is 0 Å². The van der Waals surface area contributed by atoms with E-state index in [2.05, 4.69) is 0 Å². The van der Waals surface area contributed by atoms with Crippen molar-refractivity contribution in [1.29, 1.82) is 0 Å². The Bertz CT molecular complexity index is 899. The average molecular weight is 364 g/mol. The molecule has 4 rings (SSSR count). The highest BCUT2D eigenvalue weighted by Gasteiger charge is 2.48. The summed E-state index contributed by atoms with van der Waals surface area (Å²) in [6, 6.07) is 15.2. The second-order valence-electron chi connectivity index (χ2n) is 6.76. The lowest BCUT2D eigenvalue weighted by atomic mass is 10.1. The Kier molecular flexibility index (Phi) is 4.27. The Morgan fingerprint density at radius 3 is 2.56 bits per heavy atom. The van der Waals surface area contributed by atoms with Gasteiger partial charge in [0.2, 0.25) is 5.91 Å². The molecule has 0 saturated carbocycles.